The highest BCUT2D eigenvalue weighted by molar-refractivity contribution is 5.44. The van der Waals surface area contributed by atoms with E-state index in [9.17, 15) is 13.2 Å². The molecule has 0 unspecified atom stereocenters. The van der Waals surface area contributed by atoms with Gasteiger partial charge in [0.15, 0.2) is 11.5 Å². The highest BCUT2D eigenvalue weighted by Gasteiger charge is 2.35. The zero-order valence-electron chi connectivity index (χ0n) is 10.8. The monoisotopic (exact) mass is 300 g/mol. The van der Waals surface area contributed by atoms with Crippen LogP contribution in [0.3, 0.4) is 0 Å². The molecule has 0 atom stereocenters. The van der Waals surface area contributed by atoms with Gasteiger partial charge in [-0.2, -0.15) is 18.2 Å². The molecule has 0 saturated carbocycles. The molecular formula is C12H11F3N4O2. The fraction of sp³-hybridized carbons (Fsp3) is 0.167. The minimum Gasteiger partial charge on any atom is -0.493 e. The van der Waals surface area contributed by atoms with Gasteiger partial charge in [-0.3, -0.25) is 0 Å². The smallest absolute Gasteiger partial charge is 0.451 e. The Morgan fingerprint density at radius 1 is 1.14 bits per heavy atom. The number of hydrogen-bond donors (Lipinski definition) is 2. The second kappa shape index (κ2) is 5.83. The molecule has 0 aliphatic heterocycles. The number of benzene rings is 1. The molecule has 0 spiro atoms. The van der Waals surface area contributed by atoms with Crippen molar-refractivity contribution in [1.29, 1.82) is 0 Å². The van der Waals surface area contributed by atoms with E-state index < -0.39 is 12.0 Å². The molecule has 0 saturated heterocycles. The number of halogens is 3. The van der Waals surface area contributed by atoms with E-state index in [1.165, 1.54) is 13.2 Å². The second-order valence-electron chi connectivity index (χ2n) is 3.81. The number of methoxy groups -OCH3 is 1. The van der Waals surface area contributed by atoms with Crippen LogP contribution < -0.4 is 20.7 Å². The summed E-state index contributed by atoms with van der Waals surface area (Å²) < 4.78 is 48.4. The Labute approximate surface area is 117 Å². The van der Waals surface area contributed by atoms with Gasteiger partial charge in [0.05, 0.1) is 7.11 Å². The Balaban J connectivity index is 2.39. The fourth-order valence-corrected chi connectivity index (χ4v) is 1.49. The molecule has 2 rings (SSSR count). The molecule has 21 heavy (non-hydrogen) atoms. The third-order valence-electron chi connectivity index (χ3n) is 2.39. The first kappa shape index (κ1) is 14.9. The Hall–Kier alpha value is -2.55. The predicted molar refractivity (Wildman–Crippen MR) is 67.9 cm³/mol. The van der Waals surface area contributed by atoms with Gasteiger partial charge < -0.3 is 14.9 Å². The van der Waals surface area contributed by atoms with Gasteiger partial charge in [0.2, 0.25) is 11.7 Å². The molecule has 1 aromatic carbocycles. The molecule has 0 bridgehead atoms. The van der Waals surface area contributed by atoms with Gasteiger partial charge in [0.25, 0.3) is 0 Å². The van der Waals surface area contributed by atoms with Crippen molar-refractivity contribution in [2.24, 2.45) is 5.84 Å². The van der Waals surface area contributed by atoms with Crippen molar-refractivity contribution in [2.75, 3.05) is 12.5 Å². The summed E-state index contributed by atoms with van der Waals surface area (Å²) in [4.78, 5) is 6.54. The molecule has 0 aliphatic carbocycles. The summed E-state index contributed by atoms with van der Waals surface area (Å²) in [6, 6.07) is 7.61. The highest BCUT2D eigenvalue weighted by Crippen LogP contribution is 2.33. The zero-order chi connectivity index (χ0) is 15.5. The first-order valence-corrected chi connectivity index (χ1v) is 5.68. The molecule has 9 heteroatoms. The number of nitrogen functional groups attached to an aromatic ring is 1. The number of rotatable bonds is 4. The van der Waals surface area contributed by atoms with E-state index in [2.05, 4.69) is 9.97 Å². The van der Waals surface area contributed by atoms with Crippen LogP contribution in [0.1, 0.15) is 5.82 Å². The van der Waals surface area contributed by atoms with Crippen molar-refractivity contribution in [3.05, 3.63) is 36.2 Å². The first-order valence-electron chi connectivity index (χ1n) is 5.68. The third kappa shape index (κ3) is 3.51. The number of anilines is 1. The Kier molecular flexibility index (Phi) is 4.13. The number of para-hydroxylation sites is 2. The van der Waals surface area contributed by atoms with Gasteiger partial charge in [-0.05, 0) is 12.1 Å². The number of hydrazine groups is 1. The van der Waals surface area contributed by atoms with E-state index in [-0.39, 0.29) is 17.4 Å². The van der Waals surface area contributed by atoms with E-state index in [4.69, 9.17) is 15.3 Å². The standard InChI is InChI=1S/C12H11F3N4O2/c1-20-7-4-2-3-5-8(7)21-10-6-9(19-16)17-11(18-10)12(13,14)15/h2-6H,16H2,1H3,(H,17,18,19). The summed E-state index contributed by atoms with van der Waals surface area (Å²) in [6.07, 6.45) is -4.72. The lowest BCUT2D eigenvalue weighted by atomic mass is 10.3. The summed E-state index contributed by atoms with van der Waals surface area (Å²) in [5.41, 5.74) is 2.03. The molecule has 0 fully saturated rings. The number of hydrogen-bond acceptors (Lipinski definition) is 6. The Bertz CT molecular complexity index is 634. The van der Waals surface area contributed by atoms with Gasteiger partial charge in [-0.25, -0.2) is 10.8 Å². The number of nitrogens with zero attached hydrogens (tertiary/aromatic N) is 2. The lowest BCUT2D eigenvalue weighted by Gasteiger charge is -2.12. The van der Waals surface area contributed by atoms with E-state index >= 15 is 0 Å². The summed E-state index contributed by atoms with van der Waals surface area (Å²) in [7, 11) is 1.41. The number of aromatic nitrogens is 2. The van der Waals surface area contributed by atoms with Crippen LogP contribution in [0.15, 0.2) is 30.3 Å². The number of nitrogens with two attached hydrogens (primary N) is 1. The maximum atomic E-state index is 12.7. The van der Waals surface area contributed by atoms with Crippen molar-refractivity contribution < 1.29 is 22.6 Å². The largest absolute Gasteiger partial charge is 0.493 e. The zero-order valence-corrected chi connectivity index (χ0v) is 10.8. The fourth-order valence-electron chi connectivity index (χ4n) is 1.49. The maximum Gasteiger partial charge on any atom is 0.451 e. The van der Waals surface area contributed by atoms with Gasteiger partial charge in [0.1, 0.15) is 5.82 Å². The quantitative estimate of drug-likeness (QED) is 0.667. The third-order valence-corrected chi connectivity index (χ3v) is 2.39. The van der Waals surface area contributed by atoms with Gasteiger partial charge >= 0.3 is 6.18 Å². The second-order valence-corrected chi connectivity index (χ2v) is 3.81. The van der Waals surface area contributed by atoms with Crippen molar-refractivity contribution in [1.82, 2.24) is 9.97 Å². The van der Waals surface area contributed by atoms with Gasteiger partial charge in [0, 0.05) is 6.07 Å². The maximum absolute atomic E-state index is 12.7. The van der Waals surface area contributed by atoms with Gasteiger partial charge in [-0.15, -0.1) is 0 Å². The molecule has 112 valence electrons. The molecule has 6 nitrogen and oxygen atoms in total. The first-order chi connectivity index (χ1) is 9.94. The number of ether oxygens (including phenoxy) is 2. The van der Waals surface area contributed by atoms with Crippen LogP contribution in [-0.4, -0.2) is 17.1 Å². The summed E-state index contributed by atoms with van der Waals surface area (Å²) >= 11 is 0. The normalized spacial score (nSPS) is 11.1. The van der Waals surface area contributed by atoms with Crippen LogP contribution in [0.25, 0.3) is 0 Å². The number of alkyl halides is 3. The molecule has 3 N–H and O–H groups in total. The van der Waals surface area contributed by atoms with E-state index in [1.54, 1.807) is 18.2 Å². The van der Waals surface area contributed by atoms with Crippen LogP contribution >= 0.6 is 0 Å². The van der Waals surface area contributed by atoms with E-state index in [0.29, 0.717) is 5.75 Å². The molecule has 2 aromatic rings. The lowest BCUT2D eigenvalue weighted by molar-refractivity contribution is -0.145. The molecule has 1 aromatic heterocycles. The molecular weight excluding hydrogens is 289 g/mol. The topological polar surface area (TPSA) is 82.3 Å². The van der Waals surface area contributed by atoms with Crippen LogP contribution in [0.4, 0.5) is 19.0 Å². The minimum atomic E-state index is -4.72. The summed E-state index contributed by atoms with van der Waals surface area (Å²) in [6.45, 7) is 0. The van der Waals surface area contributed by atoms with E-state index in [1.807, 2.05) is 5.43 Å². The van der Waals surface area contributed by atoms with Crippen LogP contribution in [-0.2, 0) is 6.18 Å². The molecule has 0 radical (unpaired) electrons. The Morgan fingerprint density at radius 2 is 1.81 bits per heavy atom. The molecule has 1 heterocycles. The average Bonchev–Trinajstić information content (AvgIpc) is 2.46. The summed E-state index contributed by atoms with van der Waals surface area (Å²) in [5, 5.41) is 0. The lowest BCUT2D eigenvalue weighted by Crippen LogP contribution is -2.16. The number of nitrogens with one attached hydrogen (secondary N) is 1. The average molecular weight is 300 g/mol. The van der Waals surface area contributed by atoms with Crippen molar-refractivity contribution in [2.45, 2.75) is 6.18 Å². The van der Waals surface area contributed by atoms with Crippen LogP contribution in [0.2, 0.25) is 0 Å². The van der Waals surface area contributed by atoms with Crippen LogP contribution in [0.5, 0.6) is 17.4 Å². The molecule has 0 aliphatic rings. The van der Waals surface area contributed by atoms with E-state index in [0.717, 1.165) is 6.07 Å². The SMILES string of the molecule is COc1ccccc1Oc1cc(NN)nc(C(F)(F)F)n1. The minimum absolute atomic E-state index is 0.217. The highest BCUT2D eigenvalue weighted by atomic mass is 19.4. The molecule has 0 amide bonds. The van der Waals surface area contributed by atoms with Crippen molar-refractivity contribution >= 4 is 5.82 Å². The summed E-state index contributed by atoms with van der Waals surface area (Å²) in [5.74, 6) is 3.77. The van der Waals surface area contributed by atoms with Gasteiger partial charge in [-0.1, -0.05) is 12.1 Å². The van der Waals surface area contributed by atoms with Crippen molar-refractivity contribution in [3.63, 3.8) is 0 Å². The van der Waals surface area contributed by atoms with Crippen LogP contribution in [0, 0.1) is 0 Å². The Morgan fingerprint density at radius 3 is 2.38 bits per heavy atom. The van der Waals surface area contributed by atoms with Crippen molar-refractivity contribution in [3.8, 4) is 17.4 Å². The predicted octanol–water partition coefficient (Wildman–Crippen LogP) is 2.58.